The molecule has 1 aromatic heterocycles. The van der Waals surface area contributed by atoms with Gasteiger partial charge in [-0.25, -0.2) is 0 Å². The number of imide groups is 1. The summed E-state index contributed by atoms with van der Waals surface area (Å²) < 4.78 is 5.40. The standard InChI is InChI=1S/C22H21N7O3/c1-2-9-23-20-24-21(26-22(25-20)28-10-12-32-13-11-28)27-29-18(30)15-7-3-5-14-6-4-8-16(17(14)15)19(29)31/h2-8H,1,9-13H2,(H2,23,24,25,26,27). The summed E-state index contributed by atoms with van der Waals surface area (Å²) in [5.74, 6) is -0.108. The molecular weight excluding hydrogens is 410 g/mol. The number of ether oxygens (including phenoxy) is 1. The average molecular weight is 431 g/mol. The number of benzene rings is 2. The molecule has 0 spiro atoms. The molecule has 0 unspecified atom stereocenters. The van der Waals surface area contributed by atoms with Gasteiger partial charge in [-0.15, -0.1) is 6.58 Å². The number of carbonyl (C=O) groups is 2. The lowest BCUT2D eigenvalue weighted by Gasteiger charge is -2.29. The predicted octanol–water partition coefficient (Wildman–Crippen LogP) is 2.08. The van der Waals surface area contributed by atoms with Gasteiger partial charge in [-0.2, -0.15) is 20.0 Å². The van der Waals surface area contributed by atoms with Crippen molar-refractivity contribution in [2.24, 2.45) is 0 Å². The van der Waals surface area contributed by atoms with Gasteiger partial charge in [0, 0.05) is 25.0 Å². The second kappa shape index (κ2) is 8.23. The maximum atomic E-state index is 13.2. The lowest BCUT2D eigenvalue weighted by Crippen LogP contribution is -2.45. The van der Waals surface area contributed by atoms with Crippen molar-refractivity contribution in [3.8, 4) is 0 Å². The molecule has 162 valence electrons. The van der Waals surface area contributed by atoms with Crippen LogP contribution in [0.5, 0.6) is 0 Å². The number of rotatable bonds is 6. The minimum Gasteiger partial charge on any atom is -0.378 e. The Morgan fingerprint density at radius 2 is 1.62 bits per heavy atom. The van der Waals surface area contributed by atoms with Gasteiger partial charge in [0.1, 0.15) is 0 Å². The smallest absolute Gasteiger partial charge is 0.280 e. The van der Waals surface area contributed by atoms with Crippen LogP contribution in [0.2, 0.25) is 0 Å². The molecule has 1 fully saturated rings. The van der Waals surface area contributed by atoms with Crippen molar-refractivity contribution < 1.29 is 14.3 Å². The van der Waals surface area contributed by atoms with Gasteiger partial charge in [-0.05, 0) is 17.5 Å². The van der Waals surface area contributed by atoms with Gasteiger partial charge in [-0.1, -0.05) is 30.3 Å². The summed E-state index contributed by atoms with van der Waals surface area (Å²) in [7, 11) is 0. The van der Waals surface area contributed by atoms with Crippen LogP contribution in [-0.2, 0) is 4.74 Å². The van der Waals surface area contributed by atoms with E-state index in [1.54, 1.807) is 30.3 Å². The van der Waals surface area contributed by atoms with Crippen molar-refractivity contribution in [2.45, 2.75) is 0 Å². The zero-order valence-corrected chi connectivity index (χ0v) is 17.2. The van der Waals surface area contributed by atoms with E-state index < -0.39 is 11.8 Å². The molecule has 3 aromatic rings. The van der Waals surface area contributed by atoms with E-state index in [0.29, 0.717) is 61.3 Å². The maximum absolute atomic E-state index is 13.2. The third-order valence-electron chi connectivity index (χ3n) is 5.31. The van der Waals surface area contributed by atoms with E-state index >= 15 is 0 Å². The molecule has 2 amide bonds. The van der Waals surface area contributed by atoms with Crippen molar-refractivity contribution in [3.05, 3.63) is 60.2 Å². The Labute approximate surface area is 183 Å². The molecule has 10 nitrogen and oxygen atoms in total. The maximum Gasteiger partial charge on any atom is 0.280 e. The number of aromatic nitrogens is 3. The SMILES string of the molecule is C=CCNc1nc(NN2C(=O)c3cccc4cccc(c34)C2=O)nc(N2CCOCC2)n1. The number of nitrogens with one attached hydrogen (secondary N) is 2. The molecule has 0 aliphatic carbocycles. The molecule has 2 aliphatic rings. The number of anilines is 3. The summed E-state index contributed by atoms with van der Waals surface area (Å²) in [5.41, 5.74) is 3.69. The Morgan fingerprint density at radius 3 is 2.28 bits per heavy atom. The molecule has 32 heavy (non-hydrogen) atoms. The molecular formula is C22H21N7O3. The van der Waals surface area contributed by atoms with Gasteiger partial charge in [0.25, 0.3) is 11.8 Å². The van der Waals surface area contributed by atoms with Gasteiger partial charge >= 0.3 is 0 Å². The fourth-order valence-electron chi connectivity index (χ4n) is 3.79. The van der Waals surface area contributed by atoms with E-state index in [-0.39, 0.29) is 5.95 Å². The molecule has 0 radical (unpaired) electrons. The van der Waals surface area contributed by atoms with Crippen LogP contribution in [-0.4, -0.2) is 64.6 Å². The van der Waals surface area contributed by atoms with Crippen molar-refractivity contribution in [1.82, 2.24) is 20.0 Å². The van der Waals surface area contributed by atoms with E-state index in [0.717, 1.165) is 10.4 Å². The molecule has 5 rings (SSSR count). The molecule has 0 saturated carbocycles. The second-order valence-corrected chi connectivity index (χ2v) is 7.32. The van der Waals surface area contributed by atoms with Crippen LogP contribution in [0.15, 0.2) is 49.1 Å². The van der Waals surface area contributed by atoms with Crippen molar-refractivity contribution in [1.29, 1.82) is 0 Å². The number of morpholine rings is 1. The fraction of sp³-hybridized carbons (Fsp3) is 0.227. The van der Waals surface area contributed by atoms with Crippen LogP contribution in [0.3, 0.4) is 0 Å². The molecule has 10 heteroatoms. The van der Waals surface area contributed by atoms with E-state index in [9.17, 15) is 9.59 Å². The number of hydrogen-bond donors (Lipinski definition) is 2. The summed E-state index contributed by atoms with van der Waals surface area (Å²) in [6, 6.07) is 10.8. The largest absolute Gasteiger partial charge is 0.378 e. The van der Waals surface area contributed by atoms with E-state index in [1.807, 2.05) is 17.0 Å². The Kier molecular flexibility index (Phi) is 5.12. The second-order valence-electron chi connectivity index (χ2n) is 7.32. The van der Waals surface area contributed by atoms with Gasteiger partial charge in [0.05, 0.1) is 24.3 Å². The van der Waals surface area contributed by atoms with Gasteiger partial charge in [0.2, 0.25) is 17.8 Å². The van der Waals surface area contributed by atoms with E-state index in [1.165, 1.54) is 0 Å². The van der Waals surface area contributed by atoms with Crippen molar-refractivity contribution >= 4 is 40.4 Å². The highest BCUT2D eigenvalue weighted by molar-refractivity contribution is 6.25. The van der Waals surface area contributed by atoms with Crippen LogP contribution in [0.4, 0.5) is 17.8 Å². The molecule has 0 atom stereocenters. The van der Waals surface area contributed by atoms with Crippen LogP contribution in [0.25, 0.3) is 10.8 Å². The first kappa shape index (κ1) is 19.9. The van der Waals surface area contributed by atoms with E-state index in [2.05, 4.69) is 32.3 Å². The summed E-state index contributed by atoms with van der Waals surface area (Å²) in [6.07, 6.45) is 1.68. The summed E-state index contributed by atoms with van der Waals surface area (Å²) in [4.78, 5) is 41.6. The van der Waals surface area contributed by atoms with Crippen LogP contribution < -0.4 is 15.6 Å². The molecule has 3 heterocycles. The zero-order chi connectivity index (χ0) is 22.1. The molecule has 2 N–H and O–H groups in total. The Morgan fingerprint density at radius 1 is 0.969 bits per heavy atom. The number of hydrazine groups is 1. The minimum absolute atomic E-state index is 0.0845. The van der Waals surface area contributed by atoms with E-state index in [4.69, 9.17) is 4.74 Å². The average Bonchev–Trinajstić information content (AvgIpc) is 2.84. The molecule has 0 bridgehead atoms. The first-order chi connectivity index (χ1) is 15.7. The quantitative estimate of drug-likeness (QED) is 0.447. The predicted molar refractivity (Wildman–Crippen MR) is 120 cm³/mol. The fourth-order valence-corrected chi connectivity index (χ4v) is 3.79. The number of hydrogen-bond acceptors (Lipinski definition) is 9. The lowest BCUT2D eigenvalue weighted by atomic mass is 9.95. The topological polar surface area (TPSA) is 113 Å². The lowest BCUT2D eigenvalue weighted by molar-refractivity contribution is 0.0647. The highest BCUT2D eigenvalue weighted by Gasteiger charge is 2.34. The number of amides is 2. The Hall–Kier alpha value is -4.05. The van der Waals surface area contributed by atoms with Crippen molar-refractivity contribution in [2.75, 3.05) is 48.5 Å². The first-order valence-electron chi connectivity index (χ1n) is 10.3. The number of nitrogens with zero attached hydrogens (tertiary/aromatic N) is 5. The van der Waals surface area contributed by atoms with Crippen LogP contribution in [0, 0.1) is 0 Å². The minimum atomic E-state index is -0.465. The Balaban J connectivity index is 1.50. The third-order valence-corrected chi connectivity index (χ3v) is 5.31. The summed E-state index contributed by atoms with van der Waals surface area (Å²) >= 11 is 0. The zero-order valence-electron chi connectivity index (χ0n) is 17.2. The third kappa shape index (κ3) is 3.50. The van der Waals surface area contributed by atoms with Crippen LogP contribution >= 0.6 is 0 Å². The van der Waals surface area contributed by atoms with Gasteiger partial charge < -0.3 is 15.0 Å². The molecule has 2 aromatic carbocycles. The summed E-state index contributed by atoms with van der Waals surface area (Å²) in [6.45, 7) is 6.52. The van der Waals surface area contributed by atoms with Gasteiger partial charge in [0.15, 0.2) is 0 Å². The monoisotopic (exact) mass is 431 g/mol. The summed E-state index contributed by atoms with van der Waals surface area (Å²) in [5, 5.41) is 5.48. The first-order valence-corrected chi connectivity index (χ1v) is 10.3. The normalized spacial score (nSPS) is 15.8. The molecule has 1 saturated heterocycles. The van der Waals surface area contributed by atoms with Crippen LogP contribution in [0.1, 0.15) is 20.7 Å². The number of carbonyl (C=O) groups excluding carboxylic acids is 2. The highest BCUT2D eigenvalue weighted by atomic mass is 16.5. The Bertz CT molecular complexity index is 1170. The highest BCUT2D eigenvalue weighted by Crippen LogP contribution is 2.30. The van der Waals surface area contributed by atoms with Gasteiger partial charge in [-0.3, -0.25) is 15.0 Å². The van der Waals surface area contributed by atoms with Crippen molar-refractivity contribution in [3.63, 3.8) is 0 Å². The molecule has 2 aliphatic heterocycles.